The van der Waals surface area contributed by atoms with Crippen LogP contribution in [0.3, 0.4) is 0 Å². The lowest BCUT2D eigenvalue weighted by atomic mass is 10.2. The Morgan fingerprint density at radius 2 is 2.33 bits per heavy atom. The number of thiophene rings is 1. The molecular weight excluding hydrogens is 170 g/mol. The van der Waals surface area contributed by atoms with Gasteiger partial charge in [0.1, 0.15) is 0 Å². The molecule has 1 unspecified atom stereocenters. The number of nitrogens with two attached hydrogens (primary N) is 1. The van der Waals surface area contributed by atoms with Crippen molar-refractivity contribution in [2.45, 2.75) is 25.9 Å². The first kappa shape index (κ1) is 9.71. The molecule has 0 fully saturated rings. The highest BCUT2D eigenvalue weighted by molar-refractivity contribution is 7.11. The average Bonchev–Trinajstić information content (AvgIpc) is 2.47. The van der Waals surface area contributed by atoms with E-state index in [0.717, 1.165) is 12.8 Å². The minimum Gasteiger partial charge on any atom is -0.392 e. The second kappa shape index (κ2) is 4.60. The van der Waals surface area contributed by atoms with Crippen molar-refractivity contribution in [1.29, 1.82) is 0 Å². The van der Waals surface area contributed by atoms with Crippen LogP contribution in [0, 0.1) is 6.92 Å². The van der Waals surface area contributed by atoms with Gasteiger partial charge in [-0.3, -0.25) is 0 Å². The van der Waals surface area contributed by atoms with Crippen molar-refractivity contribution in [3.8, 4) is 0 Å². The third-order valence-electron chi connectivity index (χ3n) is 1.79. The molecular formula is C9H15NOS. The molecule has 0 radical (unpaired) electrons. The number of hydrogen-bond donors (Lipinski definition) is 2. The summed E-state index contributed by atoms with van der Waals surface area (Å²) in [7, 11) is 0. The first-order chi connectivity index (χ1) is 5.72. The normalized spacial score (nSPS) is 13.2. The fourth-order valence-corrected chi connectivity index (χ4v) is 1.95. The second-order valence-corrected chi connectivity index (χ2v) is 4.31. The Bertz CT molecular complexity index is 234. The minimum absolute atomic E-state index is 0.340. The molecule has 12 heavy (non-hydrogen) atoms. The Hall–Kier alpha value is -0.380. The van der Waals surface area contributed by atoms with Gasteiger partial charge in [-0.1, -0.05) is 0 Å². The second-order valence-electron chi connectivity index (χ2n) is 2.94. The molecule has 0 saturated heterocycles. The molecule has 1 aromatic heterocycles. The molecule has 1 heterocycles. The zero-order valence-corrected chi connectivity index (χ0v) is 8.10. The number of hydrogen-bond acceptors (Lipinski definition) is 3. The molecule has 0 amide bonds. The van der Waals surface area contributed by atoms with E-state index in [0.29, 0.717) is 6.54 Å². The van der Waals surface area contributed by atoms with Gasteiger partial charge >= 0.3 is 0 Å². The Morgan fingerprint density at radius 3 is 2.83 bits per heavy atom. The molecule has 0 aliphatic heterocycles. The van der Waals surface area contributed by atoms with Crippen LogP contribution in [-0.4, -0.2) is 17.8 Å². The van der Waals surface area contributed by atoms with Crippen molar-refractivity contribution >= 4 is 11.3 Å². The maximum Gasteiger partial charge on any atom is 0.0665 e. The van der Waals surface area contributed by atoms with Crippen molar-refractivity contribution in [1.82, 2.24) is 0 Å². The van der Waals surface area contributed by atoms with E-state index in [4.69, 9.17) is 5.73 Å². The van der Waals surface area contributed by atoms with Crippen LogP contribution in [0.2, 0.25) is 0 Å². The van der Waals surface area contributed by atoms with Crippen LogP contribution in [-0.2, 0) is 6.42 Å². The molecule has 68 valence electrons. The van der Waals surface area contributed by atoms with E-state index in [2.05, 4.69) is 19.1 Å². The lowest BCUT2D eigenvalue weighted by molar-refractivity contribution is 0.173. The van der Waals surface area contributed by atoms with Gasteiger partial charge in [-0.15, -0.1) is 11.3 Å². The Labute approximate surface area is 77.0 Å². The van der Waals surface area contributed by atoms with Crippen LogP contribution < -0.4 is 5.73 Å². The van der Waals surface area contributed by atoms with Crippen LogP contribution in [0.1, 0.15) is 16.2 Å². The lowest BCUT2D eigenvalue weighted by Gasteiger charge is -2.04. The molecule has 0 aromatic carbocycles. The first-order valence-electron chi connectivity index (χ1n) is 4.16. The van der Waals surface area contributed by atoms with Gasteiger partial charge in [0.05, 0.1) is 6.10 Å². The summed E-state index contributed by atoms with van der Waals surface area (Å²) in [6.45, 7) is 2.46. The van der Waals surface area contributed by atoms with E-state index in [1.54, 1.807) is 11.3 Å². The highest BCUT2D eigenvalue weighted by atomic mass is 32.1. The molecule has 0 bridgehead atoms. The summed E-state index contributed by atoms with van der Waals surface area (Å²) in [4.78, 5) is 2.66. The standard InChI is InChI=1S/C9H15NOS/c1-7-2-4-9(12-7)5-3-8(11)6-10/h2,4,8,11H,3,5-6,10H2,1H3. The minimum atomic E-state index is -0.340. The zero-order valence-electron chi connectivity index (χ0n) is 7.29. The summed E-state index contributed by atoms with van der Waals surface area (Å²) in [5.41, 5.74) is 5.29. The van der Waals surface area contributed by atoms with E-state index in [1.165, 1.54) is 9.75 Å². The fraction of sp³-hybridized carbons (Fsp3) is 0.556. The Morgan fingerprint density at radius 1 is 1.58 bits per heavy atom. The summed E-state index contributed by atoms with van der Waals surface area (Å²) >= 11 is 1.79. The highest BCUT2D eigenvalue weighted by Crippen LogP contribution is 2.16. The van der Waals surface area contributed by atoms with Crippen molar-refractivity contribution in [3.63, 3.8) is 0 Å². The molecule has 1 atom stereocenters. The van der Waals surface area contributed by atoms with E-state index < -0.39 is 0 Å². The van der Waals surface area contributed by atoms with Crippen LogP contribution >= 0.6 is 11.3 Å². The van der Waals surface area contributed by atoms with E-state index in [-0.39, 0.29) is 6.10 Å². The molecule has 3 heteroatoms. The largest absolute Gasteiger partial charge is 0.392 e. The number of aliphatic hydroxyl groups excluding tert-OH is 1. The molecule has 3 N–H and O–H groups in total. The van der Waals surface area contributed by atoms with E-state index >= 15 is 0 Å². The third-order valence-corrected chi connectivity index (χ3v) is 2.85. The summed E-state index contributed by atoms with van der Waals surface area (Å²) in [6.07, 6.45) is 1.38. The van der Waals surface area contributed by atoms with Gasteiger partial charge in [-0.25, -0.2) is 0 Å². The van der Waals surface area contributed by atoms with Gasteiger partial charge in [-0.05, 0) is 31.9 Å². The van der Waals surface area contributed by atoms with Crippen LogP contribution in [0.5, 0.6) is 0 Å². The van der Waals surface area contributed by atoms with E-state index in [1.807, 2.05) is 0 Å². The summed E-state index contributed by atoms with van der Waals surface area (Å²) in [5, 5.41) is 9.21. The molecule has 0 aliphatic rings. The van der Waals surface area contributed by atoms with Gasteiger partial charge in [0, 0.05) is 16.3 Å². The quantitative estimate of drug-likeness (QED) is 0.743. The van der Waals surface area contributed by atoms with Gasteiger partial charge in [-0.2, -0.15) is 0 Å². The molecule has 1 rings (SSSR count). The van der Waals surface area contributed by atoms with Crippen LogP contribution in [0.4, 0.5) is 0 Å². The third kappa shape index (κ3) is 2.93. The molecule has 1 aromatic rings. The molecule has 2 nitrogen and oxygen atoms in total. The summed E-state index contributed by atoms with van der Waals surface area (Å²) in [5.74, 6) is 0. The molecule has 0 saturated carbocycles. The van der Waals surface area contributed by atoms with Crippen molar-refractivity contribution in [3.05, 3.63) is 21.9 Å². The smallest absolute Gasteiger partial charge is 0.0665 e. The number of rotatable bonds is 4. The molecule has 0 aliphatic carbocycles. The SMILES string of the molecule is Cc1ccc(CCC(O)CN)s1. The topological polar surface area (TPSA) is 46.2 Å². The van der Waals surface area contributed by atoms with Crippen molar-refractivity contribution in [2.24, 2.45) is 5.73 Å². The maximum atomic E-state index is 9.21. The lowest BCUT2D eigenvalue weighted by Crippen LogP contribution is -2.19. The fourth-order valence-electron chi connectivity index (χ4n) is 1.05. The van der Waals surface area contributed by atoms with Gasteiger partial charge in [0.15, 0.2) is 0 Å². The monoisotopic (exact) mass is 185 g/mol. The van der Waals surface area contributed by atoms with Gasteiger partial charge in [0.2, 0.25) is 0 Å². The predicted octanol–water partition coefficient (Wildman–Crippen LogP) is 1.31. The Balaban J connectivity index is 2.33. The molecule has 0 spiro atoms. The van der Waals surface area contributed by atoms with Gasteiger partial charge in [0.25, 0.3) is 0 Å². The van der Waals surface area contributed by atoms with Gasteiger partial charge < -0.3 is 10.8 Å². The zero-order chi connectivity index (χ0) is 8.97. The highest BCUT2D eigenvalue weighted by Gasteiger charge is 2.02. The van der Waals surface area contributed by atoms with Crippen molar-refractivity contribution in [2.75, 3.05) is 6.54 Å². The Kier molecular flexibility index (Phi) is 3.72. The summed E-state index contributed by atoms with van der Waals surface area (Å²) in [6, 6.07) is 4.22. The summed E-state index contributed by atoms with van der Waals surface area (Å²) < 4.78 is 0. The van der Waals surface area contributed by atoms with E-state index in [9.17, 15) is 5.11 Å². The maximum absolute atomic E-state index is 9.21. The average molecular weight is 185 g/mol. The number of aliphatic hydroxyl groups is 1. The first-order valence-corrected chi connectivity index (χ1v) is 4.97. The van der Waals surface area contributed by atoms with Crippen LogP contribution in [0.25, 0.3) is 0 Å². The van der Waals surface area contributed by atoms with Crippen molar-refractivity contribution < 1.29 is 5.11 Å². The number of aryl methyl sites for hydroxylation is 2. The predicted molar refractivity (Wildman–Crippen MR) is 52.4 cm³/mol. The van der Waals surface area contributed by atoms with Crippen LogP contribution in [0.15, 0.2) is 12.1 Å².